The molecule has 3 nitrogen and oxygen atoms in total. The van der Waals surface area contributed by atoms with Gasteiger partial charge in [-0.1, -0.05) is 36.4 Å². The van der Waals surface area contributed by atoms with Crippen LogP contribution in [0.1, 0.15) is 30.7 Å². The first-order valence-electron chi connectivity index (χ1n) is 7.17. The van der Waals surface area contributed by atoms with E-state index in [2.05, 4.69) is 12.1 Å². The number of thiophene rings is 1. The Morgan fingerprint density at radius 3 is 2.48 bits per heavy atom. The van der Waals surface area contributed by atoms with Crippen LogP contribution in [-0.2, 0) is 9.84 Å². The van der Waals surface area contributed by atoms with Crippen molar-refractivity contribution in [3.63, 3.8) is 0 Å². The molecule has 0 saturated heterocycles. The molecule has 1 heterocycles. The van der Waals surface area contributed by atoms with Gasteiger partial charge in [-0.05, 0) is 42.2 Å². The average Bonchev–Trinajstić information content (AvgIpc) is 3.03. The molecule has 3 rings (SSSR count). The number of sulfone groups is 1. The zero-order valence-corrected chi connectivity index (χ0v) is 13.3. The molecule has 2 aromatic rings. The second-order valence-corrected chi connectivity index (χ2v) is 8.94. The maximum atomic E-state index is 12.8. The van der Waals surface area contributed by atoms with Gasteiger partial charge in [0.25, 0.3) is 0 Å². The fraction of sp³-hybridized carbons (Fsp3) is 0.375. The highest BCUT2D eigenvalue weighted by atomic mass is 32.2. The van der Waals surface area contributed by atoms with Crippen LogP contribution in [0.2, 0.25) is 0 Å². The average molecular weight is 321 g/mol. The summed E-state index contributed by atoms with van der Waals surface area (Å²) in [5, 5.41) is 1.32. The summed E-state index contributed by atoms with van der Waals surface area (Å²) < 4.78 is 26.0. The van der Waals surface area contributed by atoms with Crippen LogP contribution < -0.4 is 5.73 Å². The normalized spacial score (nSPS) is 26.6. The van der Waals surface area contributed by atoms with Gasteiger partial charge < -0.3 is 5.73 Å². The molecule has 0 spiro atoms. The van der Waals surface area contributed by atoms with Crippen molar-refractivity contribution in [3.05, 3.63) is 53.4 Å². The van der Waals surface area contributed by atoms with Gasteiger partial charge in [-0.3, -0.25) is 0 Å². The third-order valence-corrected chi connectivity index (χ3v) is 7.97. The topological polar surface area (TPSA) is 60.2 Å². The second kappa shape index (κ2) is 5.91. The molecule has 112 valence electrons. The highest BCUT2D eigenvalue weighted by molar-refractivity contribution is 7.94. The lowest BCUT2D eigenvalue weighted by Gasteiger charge is -2.33. The Labute approximate surface area is 129 Å². The molecule has 1 aromatic heterocycles. The van der Waals surface area contributed by atoms with Gasteiger partial charge in [0.15, 0.2) is 9.84 Å². The standard InChI is InChI=1S/C16H19NO2S2/c17-14-9-8-13(12-5-2-1-3-6-12)11-15(14)21(18,19)16-7-4-10-20-16/h1-7,10,13-15H,8-9,11,17H2. The molecule has 21 heavy (non-hydrogen) atoms. The van der Waals surface area contributed by atoms with E-state index in [0.717, 1.165) is 12.8 Å². The van der Waals surface area contributed by atoms with Crippen LogP contribution in [0.5, 0.6) is 0 Å². The molecule has 1 aliphatic rings. The van der Waals surface area contributed by atoms with Gasteiger partial charge in [-0.25, -0.2) is 8.42 Å². The first kappa shape index (κ1) is 14.8. The molecule has 0 bridgehead atoms. The van der Waals surface area contributed by atoms with Crippen molar-refractivity contribution in [2.45, 2.75) is 40.7 Å². The van der Waals surface area contributed by atoms with E-state index < -0.39 is 15.1 Å². The van der Waals surface area contributed by atoms with Crippen LogP contribution in [0.25, 0.3) is 0 Å². The molecule has 3 unspecified atom stereocenters. The summed E-state index contributed by atoms with van der Waals surface area (Å²) in [6, 6.07) is 13.3. The van der Waals surface area contributed by atoms with E-state index >= 15 is 0 Å². The largest absolute Gasteiger partial charge is 0.327 e. The van der Waals surface area contributed by atoms with Crippen LogP contribution in [0.4, 0.5) is 0 Å². The van der Waals surface area contributed by atoms with Crippen LogP contribution in [0.3, 0.4) is 0 Å². The van der Waals surface area contributed by atoms with Crippen molar-refractivity contribution < 1.29 is 8.42 Å². The monoisotopic (exact) mass is 321 g/mol. The molecule has 1 aliphatic carbocycles. The number of hydrogen-bond acceptors (Lipinski definition) is 4. The lowest BCUT2D eigenvalue weighted by Crippen LogP contribution is -2.44. The van der Waals surface area contributed by atoms with Gasteiger partial charge in [0.2, 0.25) is 0 Å². The molecule has 5 heteroatoms. The predicted octanol–water partition coefficient (Wildman–Crippen LogP) is 3.19. The van der Waals surface area contributed by atoms with E-state index in [9.17, 15) is 8.42 Å². The fourth-order valence-corrected chi connectivity index (χ4v) is 6.28. The van der Waals surface area contributed by atoms with Gasteiger partial charge in [0.1, 0.15) is 4.21 Å². The Morgan fingerprint density at radius 1 is 1.05 bits per heavy atom. The Kier molecular flexibility index (Phi) is 4.15. The Balaban J connectivity index is 1.88. The lowest BCUT2D eigenvalue weighted by atomic mass is 9.82. The molecule has 1 saturated carbocycles. The highest BCUT2D eigenvalue weighted by Crippen LogP contribution is 2.37. The number of rotatable bonds is 3. The van der Waals surface area contributed by atoms with Gasteiger partial charge in [0, 0.05) is 6.04 Å². The van der Waals surface area contributed by atoms with Gasteiger partial charge in [-0.15, -0.1) is 11.3 Å². The molecule has 0 amide bonds. The molecular weight excluding hydrogens is 302 g/mol. The number of nitrogens with two attached hydrogens (primary N) is 1. The van der Waals surface area contributed by atoms with Crippen molar-refractivity contribution in [1.29, 1.82) is 0 Å². The molecule has 1 aromatic carbocycles. The summed E-state index contributed by atoms with van der Waals surface area (Å²) in [5.74, 6) is 0.283. The molecular formula is C16H19NO2S2. The van der Waals surface area contributed by atoms with E-state index in [1.54, 1.807) is 17.5 Å². The summed E-state index contributed by atoms with van der Waals surface area (Å²) in [7, 11) is -3.32. The van der Waals surface area contributed by atoms with Crippen molar-refractivity contribution in [2.75, 3.05) is 0 Å². The van der Waals surface area contributed by atoms with Gasteiger partial charge >= 0.3 is 0 Å². The van der Waals surface area contributed by atoms with Crippen LogP contribution >= 0.6 is 11.3 Å². The number of benzene rings is 1. The third kappa shape index (κ3) is 2.91. The van der Waals surface area contributed by atoms with Gasteiger partial charge in [-0.2, -0.15) is 0 Å². The third-order valence-electron chi connectivity index (χ3n) is 4.29. The molecule has 0 aliphatic heterocycles. The summed E-state index contributed by atoms with van der Waals surface area (Å²) in [5.41, 5.74) is 7.36. The Bertz CT molecular complexity index is 680. The Morgan fingerprint density at radius 2 is 1.81 bits per heavy atom. The van der Waals surface area contributed by atoms with Crippen molar-refractivity contribution in [2.24, 2.45) is 5.73 Å². The summed E-state index contributed by atoms with van der Waals surface area (Å²) in [6.07, 6.45) is 2.34. The summed E-state index contributed by atoms with van der Waals surface area (Å²) >= 11 is 1.28. The first-order chi connectivity index (χ1) is 10.1. The SMILES string of the molecule is NC1CCC(c2ccccc2)CC1S(=O)(=O)c1cccs1. The molecule has 3 atom stereocenters. The van der Waals surface area contributed by atoms with E-state index in [0.29, 0.717) is 10.6 Å². The molecule has 0 radical (unpaired) electrons. The molecule has 1 fully saturated rings. The lowest BCUT2D eigenvalue weighted by molar-refractivity contribution is 0.391. The second-order valence-electron chi connectivity index (χ2n) is 5.60. The quantitative estimate of drug-likeness (QED) is 0.944. The molecule has 2 N–H and O–H groups in total. The van der Waals surface area contributed by atoms with Crippen LogP contribution in [-0.4, -0.2) is 19.7 Å². The van der Waals surface area contributed by atoms with Crippen molar-refractivity contribution in [1.82, 2.24) is 0 Å². The van der Waals surface area contributed by atoms with Gasteiger partial charge in [0.05, 0.1) is 5.25 Å². The van der Waals surface area contributed by atoms with Crippen LogP contribution in [0.15, 0.2) is 52.1 Å². The number of hydrogen-bond donors (Lipinski definition) is 1. The Hall–Kier alpha value is -1.17. The highest BCUT2D eigenvalue weighted by Gasteiger charge is 2.38. The van der Waals surface area contributed by atoms with E-state index in [-0.39, 0.29) is 12.0 Å². The summed E-state index contributed by atoms with van der Waals surface area (Å²) in [4.78, 5) is 0. The first-order valence-corrected chi connectivity index (χ1v) is 9.59. The zero-order chi connectivity index (χ0) is 14.9. The van der Waals surface area contributed by atoms with Crippen LogP contribution in [0, 0.1) is 0 Å². The van der Waals surface area contributed by atoms with E-state index in [1.807, 2.05) is 18.2 Å². The minimum Gasteiger partial charge on any atom is -0.327 e. The maximum absolute atomic E-state index is 12.8. The minimum atomic E-state index is -3.32. The van der Waals surface area contributed by atoms with Crippen molar-refractivity contribution >= 4 is 21.2 Å². The van der Waals surface area contributed by atoms with E-state index in [1.165, 1.54) is 16.9 Å². The predicted molar refractivity (Wildman–Crippen MR) is 86.3 cm³/mol. The fourth-order valence-electron chi connectivity index (χ4n) is 3.11. The maximum Gasteiger partial charge on any atom is 0.192 e. The summed E-state index contributed by atoms with van der Waals surface area (Å²) in [6.45, 7) is 0. The minimum absolute atomic E-state index is 0.267. The van der Waals surface area contributed by atoms with Crippen molar-refractivity contribution in [3.8, 4) is 0 Å². The van der Waals surface area contributed by atoms with E-state index in [4.69, 9.17) is 5.73 Å². The zero-order valence-electron chi connectivity index (χ0n) is 11.7. The smallest absolute Gasteiger partial charge is 0.192 e.